The quantitative estimate of drug-likeness (QED) is 0.813. The molecule has 0 aliphatic carbocycles. The first-order valence-corrected chi connectivity index (χ1v) is 8.72. The molecule has 0 fully saturated rings. The number of thiophene rings is 1. The summed E-state index contributed by atoms with van der Waals surface area (Å²) in [6.07, 6.45) is 1.57. The zero-order valence-corrected chi connectivity index (χ0v) is 11.9. The third-order valence-corrected chi connectivity index (χ3v) is 6.52. The van der Waals surface area contributed by atoms with Crippen LogP contribution in [0.1, 0.15) is 6.92 Å². The molecule has 0 aliphatic rings. The second-order valence-corrected chi connectivity index (χ2v) is 8.19. The lowest BCUT2D eigenvalue weighted by Crippen LogP contribution is -2.37. The summed E-state index contributed by atoms with van der Waals surface area (Å²) in [5.41, 5.74) is 0. The standard InChI is InChI=1S/C9H15NO3S3/c1-8(7-15(3)11)10(2)16(12,13)9-5-4-6-14-9/h4-6,8H,7H2,1-3H3/t8-,15+/m0/s1. The number of hydrogen-bond acceptors (Lipinski definition) is 4. The summed E-state index contributed by atoms with van der Waals surface area (Å²) in [5.74, 6) is 0.348. The van der Waals surface area contributed by atoms with E-state index in [1.165, 1.54) is 22.7 Å². The normalized spacial score (nSPS) is 16.2. The van der Waals surface area contributed by atoms with E-state index in [2.05, 4.69) is 0 Å². The van der Waals surface area contributed by atoms with E-state index in [9.17, 15) is 12.6 Å². The van der Waals surface area contributed by atoms with Crippen LogP contribution in [-0.2, 0) is 20.8 Å². The zero-order chi connectivity index (χ0) is 12.3. The summed E-state index contributed by atoms with van der Waals surface area (Å²) in [7, 11) is -2.90. The first kappa shape index (κ1) is 13.8. The second-order valence-electron chi connectivity index (χ2n) is 3.54. The van der Waals surface area contributed by atoms with Gasteiger partial charge >= 0.3 is 0 Å². The highest BCUT2D eigenvalue weighted by Gasteiger charge is 2.26. The molecule has 7 heteroatoms. The highest BCUT2D eigenvalue weighted by Crippen LogP contribution is 2.21. The van der Waals surface area contributed by atoms with Crippen molar-refractivity contribution >= 4 is 32.2 Å². The van der Waals surface area contributed by atoms with E-state index in [-0.39, 0.29) is 6.04 Å². The Morgan fingerprint density at radius 3 is 2.62 bits per heavy atom. The molecule has 0 spiro atoms. The van der Waals surface area contributed by atoms with Gasteiger partial charge in [0.15, 0.2) is 0 Å². The van der Waals surface area contributed by atoms with Gasteiger partial charge in [-0.1, -0.05) is 6.07 Å². The molecular formula is C9H15NO3S3. The number of rotatable bonds is 5. The molecule has 0 aliphatic heterocycles. The first-order valence-electron chi connectivity index (χ1n) is 4.67. The maximum Gasteiger partial charge on any atom is 0.252 e. The summed E-state index contributed by atoms with van der Waals surface area (Å²) >= 11 is 1.19. The zero-order valence-electron chi connectivity index (χ0n) is 9.41. The number of nitrogens with zero attached hydrogens (tertiary/aromatic N) is 1. The molecule has 16 heavy (non-hydrogen) atoms. The molecule has 0 radical (unpaired) electrons. The molecule has 1 heterocycles. The van der Waals surface area contributed by atoms with E-state index >= 15 is 0 Å². The summed E-state index contributed by atoms with van der Waals surface area (Å²) < 4.78 is 36.8. The van der Waals surface area contributed by atoms with Gasteiger partial charge in [-0.05, 0) is 18.4 Å². The van der Waals surface area contributed by atoms with Gasteiger partial charge in [0.1, 0.15) is 4.21 Å². The van der Waals surface area contributed by atoms with Gasteiger partial charge in [0.05, 0.1) is 0 Å². The van der Waals surface area contributed by atoms with E-state index in [4.69, 9.17) is 0 Å². The SMILES string of the molecule is C[C@@H](C[S@@](C)=O)N(C)S(=O)(=O)c1cccs1. The van der Waals surface area contributed by atoms with Crippen molar-refractivity contribution in [1.29, 1.82) is 0 Å². The highest BCUT2D eigenvalue weighted by atomic mass is 32.2. The molecule has 0 aromatic carbocycles. The van der Waals surface area contributed by atoms with Crippen molar-refractivity contribution in [2.45, 2.75) is 17.2 Å². The lowest BCUT2D eigenvalue weighted by Gasteiger charge is -2.22. The average molecular weight is 281 g/mol. The van der Waals surface area contributed by atoms with E-state index < -0.39 is 20.8 Å². The maximum absolute atomic E-state index is 12.1. The van der Waals surface area contributed by atoms with Crippen LogP contribution in [0.15, 0.2) is 21.7 Å². The van der Waals surface area contributed by atoms with Crippen LogP contribution >= 0.6 is 11.3 Å². The molecule has 0 saturated carbocycles. The Hall–Kier alpha value is -0.240. The molecule has 0 bridgehead atoms. The highest BCUT2D eigenvalue weighted by molar-refractivity contribution is 7.91. The van der Waals surface area contributed by atoms with Gasteiger partial charge in [-0.15, -0.1) is 11.3 Å². The average Bonchev–Trinajstić information content (AvgIpc) is 2.68. The van der Waals surface area contributed by atoms with Gasteiger partial charge < -0.3 is 0 Å². The summed E-state index contributed by atoms with van der Waals surface area (Å²) in [4.78, 5) is 0. The van der Waals surface area contributed by atoms with Gasteiger partial charge in [0.2, 0.25) is 0 Å². The topological polar surface area (TPSA) is 54.5 Å². The van der Waals surface area contributed by atoms with E-state index in [1.54, 1.807) is 30.7 Å². The maximum atomic E-state index is 12.1. The van der Waals surface area contributed by atoms with Crippen molar-refractivity contribution in [3.05, 3.63) is 17.5 Å². The van der Waals surface area contributed by atoms with Crippen LogP contribution in [0.25, 0.3) is 0 Å². The van der Waals surface area contributed by atoms with Crippen molar-refractivity contribution in [3.8, 4) is 0 Å². The molecule has 0 saturated heterocycles. The molecule has 0 unspecified atom stereocenters. The van der Waals surface area contributed by atoms with Crippen LogP contribution in [-0.4, -0.2) is 42.0 Å². The van der Waals surface area contributed by atoms with E-state index in [0.717, 1.165) is 0 Å². The summed E-state index contributed by atoms with van der Waals surface area (Å²) in [6.45, 7) is 1.76. The third-order valence-electron chi connectivity index (χ3n) is 2.23. The minimum absolute atomic E-state index is 0.266. The second kappa shape index (κ2) is 5.39. The first-order chi connectivity index (χ1) is 7.35. The predicted octanol–water partition coefficient (Wildman–Crippen LogP) is 1.14. The van der Waals surface area contributed by atoms with E-state index in [0.29, 0.717) is 9.96 Å². The smallest absolute Gasteiger partial charge is 0.252 e. The lowest BCUT2D eigenvalue weighted by atomic mass is 10.4. The number of sulfonamides is 1. The number of hydrogen-bond donors (Lipinski definition) is 0. The van der Waals surface area contributed by atoms with Crippen LogP contribution in [0.2, 0.25) is 0 Å². The molecule has 0 amide bonds. The van der Waals surface area contributed by atoms with Crippen LogP contribution in [0.3, 0.4) is 0 Å². The molecule has 0 N–H and O–H groups in total. The molecule has 4 nitrogen and oxygen atoms in total. The van der Waals surface area contributed by atoms with Gasteiger partial charge in [-0.2, -0.15) is 4.31 Å². The van der Waals surface area contributed by atoms with Crippen LogP contribution in [0.4, 0.5) is 0 Å². The Morgan fingerprint density at radius 2 is 2.19 bits per heavy atom. The summed E-state index contributed by atoms with van der Waals surface area (Å²) in [5, 5.41) is 1.73. The Morgan fingerprint density at radius 1 is 1.56 bits per heavy atom. The Kier molecular flexibility index (Phi) is 4.66. The molecule has 92 valence electrons. The Bertz CT molecular complexity index is 452. The van der Waals surface area contributed by atoms with E-state index in [1.807, 2.05) is 0 Å². The predicted molar refractivity (Wildman–Crippen MR) is 67.7 cm³/mol. The van der Waals surface area contributed by atoms with Gasteiger partial charge in [-0.3, -0.25) is 4.21 Å². The molecule has 1 aromatic rings. The monoisotopic (exact) mass is 281 g/mol. The fourth-order valence-electron chi connectivity index (χ4n) is 1.23. The van der Waals surface area contributed by atoms with Gasteiger partial charge in [-0.25, -0.2) is 8.42 Å². The fraction of sp³-hybridized carbons (Fsp3) is 0.556. The van der Waals surface area contributed by atoms with Crippen molar-refractivity contribution in [3.63, 3.8) is 0 Å². The van der Waals surface area contributed by atoms with Crippen LogP contribution < -0.4 is 0 Å². The molecular weight excluding hydrogens is 266 g/mol. The summed E-state index contributed by atoms with van der Waals surface area (Å²) in [6, 6.07) is 3.01. The Labute approximate surface area is 103 Å². The van der Waals surface area contributed by atoms with Crippen molar-refractivity contribution in [2.24, 2.45) is 0 Å². The molecule has 1 aromatic heterocycles. The molecule has 2 atom stereocenters. The minimum atomic E-state index is -3.42. The van der Waals surface area contributed by atoms with Crippen molar-refractivity contribution in [1.82, 2.24) is 4.31 Å². The van der Waals surface area contributed by atoms with Gasteiger partial charge in [0.25, 0.3) is 10.0 Å². The van der Waals surface area contributed by atoms with Crippen LogP contribution in [0.5, 0.6) is 0 Å². The van der Waals surface area contributed by atoms with Crippen molar-refractivity contribution < 1.29 is 12.6 Å². The Balaban J connectivity index is 2.89. The minimum Gasteiger partial charge on any atom is -0.260 e. The third kappa shape index (κ3) is 3.13. The van der Waals surface area contributed by atoms with Gasteiger partial charge in [0, 0.05) is 35.9 Å². The van der Waals surface area contributed by atoms with Crippen molar-refractivity contribution in [2.75, 3.05) is 19.1 Å². The lowest BCUT2D eigenvalue weighted by molar-refractivity contribution is 0.414. The van der Waals surface area contributed by atoms with Crippen LogP contribution in [0, 0.1) is 0 Å². The largest absolute Gasteiger partial charge is 0.260 e. The fourth-order valence-corrected chi connectivity index (χ4v) is 4.77. The molecule has 1 rings (SSSR count).